The van der Waals surface area contributed by atoms with Crippen molar-refractivity contribution in [1.29, 1.82) is 0 Å². The summed E-state index contributed by atoms with van der Waals surface area (Å²) >= 11 is 1.26. The number of amides is 3. The normalized spacial score (nSPS) is 10.1. The van der Waals surface area contributed by atoms with Crippen molar-refractivity contribution in [3.05, 3.63) is 82.0 Å². The molecule has 2 aromatic carbocycles. The summed E-state index contributed by atoms with van der Waals surface area (Å²) in [5.74, 6) is -1.36. The van der Waals surface area contributed by atoms with E-state index in [4.69, 9.17) is 9.47 Å². The highest BCUT2D eigenvalue weighted by molar-refractivity contribution is 7.12. The Bertz CT molecular complexity index is 1090. The summed E-state index contributed by atoms with van der Waals surface area (Å²) in [4.78, 5) is 49.3. The molecule has 0 saturated carbocycles. The zero-order chi connectivity index (χ0) is 22.2. The van der Waals surface area contributed by atoms with Crippen LogP contribution in [0.15, 0.2) is 66.0 Å². The van der Waals surface area contributed by atoms with Crippen LogP contribution in [0.25, 0.3) is 0 Å². The number of anilines is 1. The van der Waals surface area contributed by atoms with Crippen LogP contribution in [0.2, 0.25) is 0 Å². The molecule has 31 heavy (non-hydrogen) atoms. The molecule has 0 aliphatic heterocycles. The minimum Gasteiger partial charge on any atom is -0.497 e. The predicted molar refractivity (Wildman–Crippen MR) is 115 cm³/mol. The van der Waals surface area contributed by atoms with Crippen LogP contribution in [0.1, 0.15) is 25.6 Å². The smallest absolute Gasteiger partial charge is 0.339 e. The van der Waals surface area contributed by atoms with E-state index in [1.807, 2.05) is 0 Å². The van der Waals surface area contributed by atoms with E-state index in [2.05, 4.69) is 10.6 Å². The quantitative estimate of drug-likeness (QED) is 0.432. The molecule has 158 valence electrons. The van der Waals surface area contributed by atoms with Gasteiger partial charge in [-0.05, 0) is 41.8 Å². The lowest BCUT2D eigenvalue weighted by molar-refractivity contribution is -0.123. The Hall–Kier alpha value is -3.98. The lowest BCUT2D eigenvalue weighted by atomic mass is 10.0. The van der Waals surface area contributed by atoms with Gasteiger partial charge in [-0.1, -0.05) is 24.3 Å². The monoisotopic (exact) mass is 438 g/mol. The van der Waals surface area contributed by atoms with Gasteiger partial charge in [0, 0.05) is 11.3 Å². The Balaban J connectivity index is 1.55. The Morgan fingerprint density at radius 1 is 0.903 bits per heavy atom. The number of esters is 1. The number of thiophene rings is 1. The van der Waals surface area contributed by atoms with Gasteiger partial charge in [0.2, 0.25) is 5.78 Å². The summed E-state index contributed by atoms with van der Waals surface area (Å²) in [5.41, 5.74) is 0.660. The van der Waals surface area contributed by atoms with E-state index >= 15 is 0 Å². The summed E-state index contributed by atoms with van der Waals surface area (Å²) in [6.45, 7) is -0.684. The molecule has 0 fully saturated rings. The topological polar surface area (TPSA) is 111 Å². The number of hydrogen-bond acceptors (Lipinski definition) is 7. The van der Waals surface area contributed by atoms with Crippen LogP contribution in [0.4, 0.5) is 10.5 Å². The second kappa shape index (κ2) is 10.2. The number of ether oxygens (including phenoxy) is 2. The van der Waals surface area contributed by atoms with Crippen molar-refractivity contribution in [3.63, 3.8) is 0 Å². The number of benzene rings is 2. The molecular formula is C22H18N2O6S. The Kier molecular flexibility index (Phi) is 7.13. The van der Waals surface area contributed by atoms with Gasteiger partial charge in [0.05, 0.1) is 17.6 Å². The maximum atomic E-state index is 12.6. The minimum atomic E-state index is -0.841. The van der Waals surface area contributed by atoms with Crippen molar-refractivity contribution in [1.82, 2.24) is 5.32 Å². The van der Waals surface area contributed by atoms with Crippen molar-refractivity contribution in [3.8, 4) is 5.75 Å². The van der Waals surface area contributed by atoms with Crippen molar-refractivity contribution in [2.45, 2.75) is 0 Å². The third kappa shape index (κ3) is 5.77. The first-order valence-electron chi connectivity index (χ1n) is 9.07. The van der Waals surface area contributed by atoms with Crippen LogP contribution in [-0.2, 0) is 9.53 Å². The fourth-order valence-corrected chi connectivity index (χ4v) is 3.29. The van der Waals surface area contributed by atoms with E-state index in [0.29, 0.717) is 16.3 Å². The fraction of sp³-hybridized carbons (Fsp3) is 0.0909. The van der Waals surface area contributed by atoms with Crippen LogP contribution in [-0.4, -0.2) is 37.4 Å². The average Bonchev–Trinajstić information content (AvgIpc) is 3.32. The summed E-state index contributed by atoms with van der Waals surface area (Å²) in [7, 11) is 1.52. The number of carbonyl (C=O) groups excluding carboxylic acids is 4. The van der Waals surface area contributed by atoms with Crippen LogP contribution >= 0.6 is 11.3 Å². The molecule has 1 heterocycles. The molecule has 0 aliphatic rings. The second-order valence-corrected chi connectivity index (χ2v) is 7.11. The highest BCUT2D eigenvalue weighted by Gasteiger charge is 2.20. The van der Waals surface area contributed by atoms with Crippen molar-refractivity contribution < 1.29 is 28.7 Å². The molecule has 3 aromatic rings. The van der Waals surface area contributed by atoms with Crippen LogP contribution < -0.4 is 15.4 Å². The molecule has 3 rings (SSSR count). The third-order valence-corrected chi connectivity index (χ3v) is 4.94. The first kappa shape index (κ1) is 21.7. The van der Waals surface area contributed by atoms with E-state index in [-0.39, 0.29) is 16.9 Å². The Labute approximate surface area is 181 Å². The van der Waals surface area contributed by atoms with E-state index in [9.17, 15) is 19.2 Å². The van der Waals surface area contributed by atoms with Crippen molar-refractivity contribution in [2.75, 3.05) is 19.0 Å². The van der Waals surface area contributed by atoms with E-state index in [1.165, 1.54) is 30.6 Å². The highest BCUT2D eigenvalue weighted by atomic mass is 32.1. The summed E-state index contributed by atoms with van der Waals surface area (Å²) in [6.07, 6.45) is 0. The summed E-state index contributed by atoms with van der Waals surface area (Å²) in [5, 5.41) is 6.29. The number of ketones is 1. The first-order valence-corrected chi connectivity index (χ1v) is 9.95. The Morgan fingerprint density at radius 3 is 2.26 bits per heavy atom. The van der Waals surface area contributed by atoms with E-state index < -0.39 is 24.5 Å². The van der Waals surface area contributed by atoms with Gasteiger partial charge in [0.1, 0.15) is 5.75 Å². The lowest BCUT2D eigenvalue weighted by Crippen LogP contribution is -2.37. The van der Waals surface area contributed by atoms with E-state index in [1.54, 1.807) is 53.9 Å². The van der Waals surface area contributed by atoms with Gasteiger partial charge in [-0.25, -0.2) is 9.59 Å². The molecule has 0 radical (unpaired) electrons. The SMILES string of the molecule is COc1ccc(NC(=O)NC(=O)COC(=O)c2ccccc2C(=O)c2cccs2)cc1. The summed E-state index contributed by atoms with van der Waals surface area (Å²) in [6, 6.07) is 15.3. The van der Waals surface area contributed by atoms with Gasteiger partial charge in [0.25, 0.3) is 5.91 Å². The second-order valence-electron chi connectivity index (χ2n) is 6.16. The molecule has 0 saturated heterocycles. The minimum absolute atomic E-state index is 0.0383. The molecule has 1 aromatic heterocycles. The molecule has 0 bridgehead atoms. The standard InChI is InChI=1S/C22H18N2O6S/c1-29-15-10-8-14(9-11-15)23-22(28)24-19(25)13-30-21(27)17-6-3-2-5-16(17)20(26)18-7-4-12-31-18/h2-12H,13H2,1H3,(H2,23,24,25,28). The molecule has 8 nitrogen and oxygen atoms in total. The maximum absolute atomic E-state index is 12.6. The predicted octanol–water partition coefficient (Wildman–Crippen LogP) is 3.49. The number of methoxy groups -OCH3 is 1. The van der Waals surface area contributed by atoms with Crippen molar-refractivity contribution >= 4 is 40.7 Å². The molecule has 0 aliphatic carbocycles. The first-order chi connectivity index (χ1) is 15.0. The lowest BCUT2D eigenvalue weighted by Gasteiger charge is -2.09. The number of hydrogen-bond donors (Lipinski definition) is 2. The van der Waals surface area contributed by atoms with Crippen molar-refractivity contribution in [2.24, 2.45) is 0 Å². The number of urea groups is 1. The van der Waals surface area contributed by atoms with Gasteiger partial charge in [-0.15, -0.1) is 11.3 Å². The molecule has 0 unspecified atom stereocenters. The zero-order valence-corrected chi connectivity index (χ0v) is 17.2. The van der Waals surface area contributed by atoms with Gasteiger partial charge < -0.3 is 14.8 Å². The third-order valence-electron chi connectivity index (χ3n) is 4.07. The number of rotatable bonds is 7. The largest absolute Gasteiger partial charge is 0.497 e. The van der Waals surface area contributed by atoms with Crippen LogP contribution in [0, 0.1) is 0 Å². The fourth-order valence-electron chi connectivity index (χ4n) is 2.61. The molecule has 0 atom stereocenters. The molecule has 3 amide bonds. The maximum Gasteiger partial charge on any atom is 0.339 e. The van der Waals surface area contributed by atoms with Gasteiger partial charge in [-0.2, -0.15) is 0 Å². The van der Waals surface area contributed by atoms with E-state index in [0.717, 1.165) is 0 Å². The number of carbonyl (C=O) groups is 4. The van der Waals surface area contributed by atoms with Gasteiger partial charge in [-0.3, -0.25) is 14.9 Å². The molecular weight excluding hydrogens is 420 g/mol. The van der Waals surface area contributed by atoms with Gasteiger partial charge in [0.15, 0.2) is 6.61 Å². The summed E-state index contributed by atoms with van der Waals surface area (Å²) < 4.78 is 10.0. The molecule has 9 heteroatoms. The van der Waals surface area contributed by atoms with Gasteiger partial charge >= 0.3 is 12.0 Å². The zero-order valence-electron chi connectivity index (χ0n) is 16.4. The average molecular weight is 438 g/mol. The molecule has 2 N–H and O–H groups in total. The van der Waals surface area contributed by atoms with Crippen LogP contribution in [0.5, 0.6) is 5.75 Å². The Morgan fingerprint density at radius 2 is 1.61 bits per heavy atom. The highest BCUT2D eigenvalue weighted by Crippen LogP contribution is 2.19. The van der Waals surface area contributed by atoms with Crippen LogP contribution in [0.3, 0.4) is 0 Å². The number of nitrogens with one attached hydrogen (secondary N) is 2. The molecule has 0 spiro atoms. The number of imide groups is 1.